The van der Waals surface area contributed by atoms with Crippen molar-refractivity contribution in [3.8, 4) is 0 Å². The molecule has 4 heteroatoms. The first-order valence-electron chi connectivity index (χ1n) is 4.31. The number of nitrogens with zero attached hydrogens (tertiary/aromatic N) is 2. The molecule has 2 rings (SSSR count). The van der Waals surface area contributed by atoms with Crippen molar-refractivity contribution >= 4 is 11.6 Å². The lowest BCUT2D eigenvalue weighted by atomic mass is 10.1. The van der Waals surface area contributed by atoms with Crippen LogP contribution in [0.3, 0.4) is 0 Å². The number of nitrogens with one attached hydrogen (secondary N) is 1. The maximum absolute atomic E-state index is 11.6. The summed E-state index contributed by atoms with van der Waals surface area (Å²) in [6.45, 7) is 5.51. The molecule has 2 aliphatic rings. The van der Waals surface area contributed by atoms with Gasteiger partial charge in [0, 0.05) is 19.1 Å². The zero-order valence-corrected chi connectivity index (χ0v) is 7.37. The number of hydrogen-bond acceptors (Lipinski definition) is 3. The van der Waals surface area contributed by atoms with Crippen molar-refractivity contribution in [2.24, 2.45) is 11.0 Å². The highest BCUT2D eigenvalue weighted by Gasteiger charge is 2.39. The fourth-order valence-corrected chi connectivity index (χ4v) is 1.64. The van der Waals surface area contributed by atoms with Crippen LogP contribution >= 0.6 is 0 Å². The fourth-order valence-electron chi connectivity index (χ4n) is 1.64. The van der Waals surface area contributed by atoms with Gasteiger partial charge < -0.3 is 5.32 Å². The van der Waals surface area contributed by atoms with E-state index in [0.717, 1.165) is 18.8 Å². The molecule has 0 aromatic carbocycles. The van der Waals surface area contributed by atoms with Gasteiger partial charge in [0.15, 0.2) is 0 Å². The van der Waals surface area contributed by atoms with Crippen molar-refractivity contribution in [3.63, 3.8) is 0 Å². The van der Waals surface area contributed by atoms with Crippen LogP contribution in [0.25, 0.3) is 0 Å². The van der Waals surface area contributed by atoms with E-state index in [1.54, 1.807) is 5.01 Å². The molecule has 1 saturated heterocycles. The topological polar surface area (TPSA) is 44.7 Å². The molecule has 1 amide bonds. The van der Waals surface area contributed by atoms with Gasteiger partial charge >= 0.3 is 0 Å². The highest BCUT2D eigenvalue weighted by molar-refractivity contribution is 6.10. The Balaban J connectivity index is 2.22. The van der Waals surface area contributed by atoms with E-state index in [4.69, 9.17) is 0 Å². The number of carbonyl (C=O) groups is 1. The van der Waals surface area contributed by atoms with Crippen molar-refractivity contribution in [3.05, 3.63) is 0 Å². The summed E-state index contributed by atoms with van der Waals surface area (Å²) in [5.74, 6) is 0.192. The third kappa shape index (κ3) is 0.948. The molecule has 4 nitrogen and oxygen atoms in total. The highest BCUT2D eigenvalue weighted by atomic mass is 16.2. The molecule has 0 bridgehead atoms. The van der Waals surface area contributed by atoms with E-state index in [0.29, 0.717) is 0 Å². The summed E-state index contributed by atoms with van der Waals surface area (Å²) < 4.78 is 0. The molecule has 2 heterocycles. The van der Waals surface area contributed by atoms with Crippen LogP contribution in [0.1, 0.15) is 13.8 Å². The minimum atomic E-state index is 0.0346. The Hall–Kier alpha value is -0.900. The third-order valence-electron chi connectivity index (χ3n) is 2.31. The number of carbonyl (C=O) groups excluding carboxylic acids is 1. The largest absolute Gasteiger partial charge is 0.310 e. The van der Waals surface area contributed by atoms with Crippen LogP contribution in [-0.2, 0) is 4.79 Å². The summed E-state index contributed by atoms with van der Waals surface area (Å²) in [5.41, 5.74) is 1.01. The van der Waals surface area contributed by atoms with Gasteiger partial charge in [-0.1, -0.05) is 0 Å². The number of hydrazone groups is 1. The van der Waals surface area contributed by atoms with E-state index in [2.05, 4.69) is 10.4 Å². The quantitative estimate of drug-likeness (QED) is 0.588. The Labute approximate surface area is 71.6 Å². The summed E-state index contributed by atoms with van der Waals surface area (Å²) in [6, 6.07) is 0.190. The Bertz CT molecular complexity index is 247. The molecule has 0 spiro atoms. The highest BCUT2D eigenvalue weighted by Crippen LogP contribution is 2.20. The summed E-state index contributed by atoms with van der Waals surface area (Å²) >= 11 is 0. The molecule has 1 unspecified atom stereocenters. The van der Waals surface area contributed by atoms with E-state index in [1.165, 1.54) is 0 Å². The van der Waals surface area contributed by atoms with Crippen molar-refractivity contribution in [2.75, 3.05) is 13.1 Å². The van der Waals surface area contributed by atoms with Gasteiger partial charge in [-0.3, -0.25) is 4.79 Å². The molecule has 0 radical (unpaired) electrons. The second-order valence-electron chi connectivity index (χ2n) is 3.55. The number of fused-ring (bicyclic) bond motifs is 1. The molecule has 66 valence electrons. The van der Waals surface area contributed by atoms with Crippen molar-refractivity contribution in [1.29, 1.82) is 0 Å². The molecular formula is C8H13N3O. The van der Waals surface area contributed by atoms with Crippen LogP contribution in [-0.4, -0.2) is 35.8 Å². The van der Waals surface area contributed by atoms with Crippen molar-refractivity contribution in [2.45, 2.75) is 19.9 Å². The smallest absolute Gasteiger partial charge is 0.253 e. The first-order chi connectivity index (χ1) is 5.70. The van der Waals surface area contributed by atoms with Gasteiger partial charge in [0.2, 0.25) is 0 Å². The number of hydrogen-bond donors (Lipinski definition) is 1. The lowest BCUT2D eigenvalue weighted by Gasteiger charge is -2.17. The fraction of sp³-hybridized carbons (Fsp3) is 0.750. The van der Waals surface area contributed by atoms with Gasteiger partial charge in [-0.05, 0) is 13.8 Å². The molecule has 1 N–H and O–H groups in total. The maximum atomic E-state index is 11.6. The van der Waals surface area contributed by atoms with Crippen molar-refractivity contribution in [1.82, 2.24) is 10.3 Å². The molecule has 0 saturated carbocycles. The van der Waals surface area contributed by atoms with E-state index in [9.17, 15) is 4.79 Å². The minimum absolute atomic E-state index is 0.0346. The standard InChI is InChI=1S/C8H13N3O/c1-5(2)11-8(12)6-3-9-4-7(6)10-11/h5-6,9H,3-4H2,1-2H3. The SMILES string of the molecule is CC(C)N1N=C2CNCC2C1=O. The average molecular weight is 167 g/mol. The maximum Gasteiger partial charge on any atom is 0.253 e. The van der Waals surface area contributed by atoms with E-state index in [1.807, 2.05) is 13.8 Å². The van der Waals surface area contributed by atoms with E-state index < -0.39 is 0 Å². The van der Waals surface area contributed by atoms with Crippen LogP contribution in [0.5, 0.6) is 0 Å². The van der Waals surface area contributed by atoms with Crippen LogP contribution in [0, 0.1) is 5.92 Å². The molecule has 0 aromatic rings. The summed E-state index contributed by atoms with van der Waals surface area (Å²) in [5, 5.41) is 9.00. The molecule has 2 aliphatic heterocycles. The Morgan fingerprint density at radius 1 is 1.67 bits per heavy atom. The van der Waals surface area contributed by atoms with Gasteiger partial charge in [0.05, 0.1) is 11.6 Å². The van der Waals surface area contributed by atoms with Gasteiger partial charge in [-0.2, -0.15) is 5.10 Å². The second-order valence-corrected chi connectivity index (χ2v) is 3.55. The first-order valence-corrected chi connectivity index (χ1v) is 4.31. The molecule has 1 atom stereocenters. The van der Waals surface area contributed by atoms with E-state index in [-0.39, 0.29) is 17.9 Å². The number of amides is 1. The Kier molecular flexibility index (Phi) is 1.65. The first kappa shape index (κ1) is 7.73. The Morgan fingerprint density at radius 3 is 3.00 bits per heavy atom. The lowest BCUT2D eigenvalue weighted by Crippen LogP contribution is -2.33. The van der Waals surface area contributed by atoms with Gasteiger partial charge in [-0.15, -0.1) is 0 Å². The molecule has 12 heavy (non-hydrogen) atoms. The van der Waals surface area contributed by atoms with Crippen LogP contribution < -0.4 is 5.32 Å². The monoisotopic (exact) mass is 167 g/mol. The molecular weight excluding hydrogens is 154 g/mol. The predicted molar refractivity (Wildman–Crippen MR) is 45.8 cm³/mol. The van der Waals surface area contributed by atoms with Crippen LogP contribution in [0.15, 0.2) is 5.10 Å². The van der Waals surface area contributed by atoms with Crippen molar-refractivity contribution < 1.29 is 4.79 Å². The molecule has 0 aliphatic carbocycles. The zero-order chi connectivity index (χ0) is 8.72. The normalized spacial score (nSPS) is 28.2. The Morgan fingerprint density at radius 2 is 2.42 bits per heavy atom. The van der Waals surface area contributed by atoms with Gasteiger partial charge in [0.25, 0.3) is 5.91 Å². The average Bonchev–Trinajstić information content (AvgIpc) is 2.53. The second kappa shape index (κ2) is 2.55. The van der Waals surface area contributed by atoms with E-state index >= 15 is 0 Å². The number of rotatable bonds is 1. The lowest BCUT2D eigenvalue weighted by molar-refractivity contribution is -0.133. The zero-order valence-electron chi connectivity index (χ0n) is 7.37. The van der Waals surface area contributed by atoms with Gasteiger partial charge in [-0.25, -0.2) is 5.01 Å². The van der Waals surface area contributed by atoms with Crippen LogP contribution in [0.2, 0.25) is 0 Å². The third-order valence-corrected chi connectivity index (χ3v) is 2.31. The predicted octanol–water partition coefficient (Wildman–Crippen LogP) is -0.188. The van der Waals surface area contributed by atoms with Crippen LogP contribution in [0.4, 0.5) is 0 Å². The molecule has 0 aromatic heterocycles. The molecule has 1 fully saturated rings. The summed E-state index contributed by atoms with van der Waals surface area (Å²) in [7, 11) is 0. The summed E-state index contributed by atoms with van der Waals surface area (Å²) in [4.78, 5) is 11.6. The minimum Gasteiger partial charge on any atom is -0.310 e. The summed E-state index contributed by atoms with van der Waals surface area (Å²) in [6.07, 6.45) is 0. The van der Waals surface area contributed by atoms with Gasteiger partial charge in [0.1, 0.15) is 0 Å².